The van der Waals surface area contributed by atoms with Gasteiger partial charge in [0.05, 0.1) is 25.9 Å². The summed E-state index contributed by atoms with van der Waals surface area (Å²) in [5.74, 6) is 0.617. The molecular weight excluding hydrogens is 434 g/mol. The first-order valence-corrected chi connectivity index (χ1v) is 10.2. The Morgan fingerprint density at radius 1 is 0.882 bits per heavy atom. The number of ether oxygens (including phenoxy) is 3. The summed E-state index contributed by atoms with van der Waals surface area (Å²) in [5.41, 5.74) is 7.83. The van der Waals surface area contributed by atoms with E-state index in [9.17, 15) is 9.59 Å². The van der Waals surface area contributed by atoms with Crippen LogP contribution in [-0.2, 0) is 9.59 Å². The first-order chi connectivity index (χ1) is 16.5. The molecule has 0 aromatic heterocycles. The minimum absolute atomic E-state index is 0.268. The highest BCUT2D eigenvalue weighted by Crippen LogP contribution is 2.28. The molecule has 2 N–H and O–H groups in total. The molecule has 8 nitrogen and oxygen atoms in total. The quantitative estimate of drug-likeness (QED) is 0.396. The van der Waals surface area contributed by atoms with E-state index in [1.54, 1.807) is 55.7 Å². The number of nitrogens with zero attached hydrogens (tertiary/aromatic N) is 1. The van der Waals surface area contributed by atoms with E-state index in [4.69, 9.17) is 19.5 Å². The third kappa shape index (κ3) is 6.61. The zero-order valence-electron chi connectivity index (χ0n) is 18.7. The molecule has 0 aliphatic carbocycles. The van der Waals surface area contributed by atoms with Crippen LogP contribution in [0.5, 0.6) is 17.2 Å². The van der Waals surface area contributed by atoms with E-state index in [1.165, 1.54) is 13.2 Å². The summed E-state index contributed by atoms with van der Waals surface area (Å²) in [4.78, 5) is 23.9. The number of nitrogens with one attached hydrogen (secondary N) is 2. The second-order valence-electron chi connectivity index (χ2n) is 6.99. The van der Waals surface area contributed by atoms with Gasteiger partial charge in [-0.25, -0.2) is 0 Å². The molecule has 8 heteroatoms. The standard InChI is InChI=1S/C26H23N3O5/c1-32-23-13-5-18(15-24(23)33-2)6-14-25(30)28-29-26(31)17-34-22-11-9-21(10-12-22)20-7-3-19(16-27)4-8-20/h3-15H,17H2,1-2H3,(H,28,30)(H,29,31)/b14-6+. The molecule has 0 radical (unpaired) electrons. The monoisotopic (exact) mass is 457 g/mol. The smallest absolute Gasteiger partial charge is 0.276 e. The van der Waals surface area contributed by atoms with Crippen molar-refractivity contribution in [1.82, 2.24) is 10.9 Å². The maximum Gasteiger partial charge on any atom is 0.276 e. The SMILES string of the molecule is COc1ccc(/C=C/C(=O)NNC(=O)COc2ccc(-c3ccc(C#N)cc3)cc2)cc1OC. The third-order valence-electron chi connectivity index (χ3n) is 4.73. The van der Waals surface area contributed by atoms with Crippen LogP contribution in [-0.4, -0.2) is 32.6 Å². The Balaban J connectivity index is 1.44. The van der Waals surface area contributed by atoms with Crippen molar-refractivity contribution in [3.63, 3.8) is 0 Å². The Bertz CT molecular complexity index is 1210. The van der Waals surface area contributed by atoms with Crippen molar-refractivity contribution in [3.05, 3.63) is 83.9 Å². The molecule has 0 saturated heterocycles. The highest BCUT2D eigenvalue weighted by molar-refractivity contribution is 5.93. The first kappa shape index (κ1) is 23.9. The van der Waals surface area contributed by atoms with Crippen molar-refractivity contribution in [3.8, 4) is 34.4 Å². The summed E-state index contributed by atoms with van der Waals surface area (Å²) in [6, 6.07) is 21.7. The lowest BCUT2D eigenvalue weighted by Gasteiger charge is -2.09. The van der Waals surface area contributed by atoms with Crippen LogP contribution in [0.3, 0.4) is 0 Å². The molecule has 3 aromatic rings. The Hall–Kier alpha value is -4.77. The maximum absolute atomic E-state index is 12.0. The molecule has 0 saturated carbocycles. The Morgan fingerprint density at radius 3 is 2.15 bits per heavy atom. The molecule has 172 valence electrons. The molecule has 0 spiro atoms. The number of hydrazine groups is 1. The highest BCUT2D eigenvalue weighted by atomic mass is 16.5. The number of methoxy groups -OCH3 is 2. The van der Waals surface area contributed by atoms with Gasteiger partial charge in [-0.2, -0.15) is 5.26 Å². The fraction of sp³-hybridized carbons (Fsp3) is 0.115. The lowest BCUT2D eigenvalue weighted by molar-refractivity contribution is -0.128. The average Bonchev–Trinajstić information content (AvgIpc) is 2.89. The van der Waals surface area contributed by atoms with E-state index in [1.807, 2.05) is 24.3 Å². The number of nitriles is 1. The van der Waals surface area contributed by atoms with Crippen LogP contribution in [0.4, 0.5) is 0 Å². The number of rotatable bonds is 8. The molecule has 0 aliphatic heterocycles. The molecule has 34 heavy (non-hydrogen) atoms. The van der Waals surface area contributed by atoms with Crippen molar-refractivity contribution in [2.24, 2.45) is 0 Å². The van der Waals surface area contributed by atoms with Crippen LogP contribution >= 0.6 is 0 Å². The Labute approximate surface area is 197 Å². The van der Waals surface area contributed by atoms with E-state index < -0.39 is 11.8 Å². The van der Waals surface area contributed by atoms with Gasteiger partial charge >= 0.3 is 0 Å². The lowest BCUT2D eigenvalue weighted by atomic mass is 10.0. The predicted molar refractivity (Wildman–Crippen MR) is 127 cm³/mol. The van der Waals surface area contributed by atoms with Crippen molar-refractivity contribution < 1.29 is 23.8 Å². The predicted octanol–water partition coefficient (Wildman–Crippen LogP) is 3.48. The van der Waals surface area contributed by atoms with Gasteiger partial charge in [0.15, 0.2) is 18.1 Å². The summed E-state index contributed by atoms with van der Waals surface area (Å²) in [6.07, 6.45) is 2.86. The van der Waals surface area contributed by atoms with Gasteiger partial charge in [0, 0.05) is 6.08 Å². The van der Waals surface area contributed by atoms with E-state index in [-0.39, 0.29) is 6.61 Å². The van der Waals surface area contributed by atoms with Crippen molar-refractivity contribution in [2.45, 2.75) is 0 Å². The molecule has 0 unspecified atom stereocenters. The van der Waals surface area contributed by atoms with Gasteiger partial charge in [-0.05, 0) is 59.2 Å². The number of amides is 2. The van der Waals surface area contributed by atoms with Crippen LogP contribution in [0.15, 0.2) is 72.8 Å². The number of carbonyl (C=O) groups is 2. The van der Waals surface area contributed by atoms with Crippen LogP contribution in [0, 0.1) is 11.3 Å². The average molecular weight is 457 g/mol. The fourth-order valence-electron chi connectivity index (χ4n) is 2.97. The van der Waals surface area contributed by atoms with E-state index >= 15 is 0 Å². The van der Waals surface area contributed by atoms with Crippen LogP contribution in [0.25, 0.3) is 17.2 Å². The molecule has 0 heterocycles. The molecule has 0 bridgehead atoms. The highest BCUT2D eigenvalue weighted by Gasteiger charge is 2.06. The number of carbonyl (C=O) groups excluding carboxylic acids is 2. The molecule has 2 amide bonds. The summed E-state index contributed by atoms with van der Waals surface area (Å²) >= 11 is 0. The van der Waals surface area contributed by atoms with E-state index in [0.717, 1.165) is 16.7 Å². The summed E-state index contributed by atoms with van der Waals surface area (Å²) in [7, 11) is 3.07. The molecule has 0 aliphatic rings. The zero-order chi connectivity index (χ0) is 24.3. The fourth-order valence-corrected chi connectivity index (χ4v) is 2.97. The minimum Gasteiger partial charge on any atom is -0.493 e. The number of hydrogen-bond acceptors (Lipinski definition) is 6. The number of benzene rings is 3. The first-order valence-electron chi connectivity index (χ1n) is 10.2. The normalized spacial score (nSPS) is 10.3. The minimum atomic E-state index is -0.510. The number of hydrogen-bond donors (Lipinski definition) is 2. The second kappa shape index (κ2) is 11.7. The van der Waals surface area contributed by atoms with E-state index in [2.05, 4.69) is 16.9 Å². The lowest BCUT2D eigenvalue weighted by Crippen LogP contribution is -2.43. The van der Waals surface area contributed by atoms with Crippen molar-refractivity contribution >= 4 is 17.9 Å². The van der Waals surface area contributed by atoms with Gasteiger partial charge in [0.2, 0.25) is 0 Å². The summed E-state index contributed by atoms with van der Waals surface area (Å²) < 4.78 is 15.8. The van der Waals surface area contributed by atoms with Crippen molar-refractivity contribution in [1.29, 1.82) is 5.26 Å². The third-order valence-corrected chi connectivity index (χ3v) is 4.73. The van der Waals surface area contributed by atoms with Gasteiger partial charge in [-0.15, -0.1) is 0 Å². The Morgan fingerprint density at radius 2 is 1.53 bits per heavy atom. The Kier molecular flexibility index (Phi) is 8.25. The molecule has 0 atom stereocenters. The van der Waals surface area contributed by atoms with Crippen LogP contribution in [0.1, 0.15) is 11.1 Å². The van der Waals surface area contributed by atoms with Crippen LogP contribution < -0.4 is 25.1 Å². The van der Waals surface area contributed by atoms with E-state index in [0.29, 0.717) is 22.8 Å². The molecule has 3 rings (SSSR count). The van der Waals surface area contributed by atoms with Gasteiger partial charge in [-0.3, -0.25) is 20.4 Å². The molecular formula is C26H23N3O5. The summed E-state index contributed by atoms with van der Waals surface area (Å²) in [5, 5.41) is 8.88. The summed E-state index contributed by atoms with van der Waals surface area (Å²) in [6.45, 7) is -0.268. The largest absolute Gasteiger partial charge is 0.493 e. The van der Waals surface area contributed by atoms with Gasteiger partial charge in [-0.1, -0.05) is 30.3 Å². The van der Waals surface area contributed by atoms with Gasteiger partial charge < -0.3 is 14.2 Å². The second-order valence-corrected chi connectivity index (χ2v) is 6.99. The van der Waals surface area contributed by atoms with Gasteiger partial charge in [0.25, 0.3) is 11.8 Å². The maximum atomic E-state index is 12.0. The molecule has 0 fully saturated rings. The topological polar surface area (TPSA) is 110 Å². The van der Waals surface area contributed by atoms with Crippen LogP contribution in [0.2, 0.25) is 0 Å². The zero-order valence-corrected chi connectivity index (χ0v) is 18.7. The molecule has 3 aromatic carbocycles. The van der Waals surface area contributed by atoms with Gasteiger partial charge in [0.1, 0.15) is 5.75 Å². The van der Waals surface area contributed by atoms with Crippen molar-refractivity contribution in [2.75, 3.05) is 20.8 Å².